The van der Waals surface area contributed by atoms with Gasteiger partial charge in [0.25, 0.3) is 0 Å². The Morgan fingerprint density at radius 1 is 1.35 bits per heavy atom. The van der Waals surface area contributed by atoms with E-state index in [0.29, 0.717) is 38.6 Å². The second kappa shape index (κ2) is 10.8. The largest absolute Gasteiger partial charge is 0.382 e. The topological polar surface area (TPSA) is 92.3 Å². The molecule has 1 fully saturated rings. The van der Waals surface area contributed by atoms with Crippen molar-refractivity contribution < 1.29 is 17.9 Å². The second-order valence-electron chi connectivity index (χ2n) is 5.66. The van der Waals surface area contributed by atoms with Gasteiger partial charge in [-0.15, -0.1) is 0 Å². The quantitative estimate of drug-likeness (QED) is 0.313. The van der Waals surface area contributed by atoms with Crippen molar-refractivity contribution in [2.75, 3.05) is 66.4 Å². The van der Waals surface area contributed by atoms with Crippen molar-refractivity contribution in [3.8, 4) is 0 Å². The number of rotatable bonds is 10. The SMILES string of the molecule is CN=C(NCCCNS(C)(=O)=O)N1CCC(COCCOC)C1. The Labute approximate surface area is 139 Å². The standard InChI is InChI=1S/C14H30N4O4S/c1-15-14(16-6-4-7-17-23(3,19)20)18-8-5-13(11-18)12-22-10-9-21-2/h13,17H,4-12H2,1-3H3,(H,15,16). The molecule has 0 amide bonds. The molecule has 23 heavy (non-hydrogen) atoms. The van der Waals surface area contributed by atoms with Crippen LogP contribution in [-0.4, -0.2) is 85.7 Å². The molecule has 2 N–H and O–H groups in total. The number of sulfonamides is 1. The summed E-state index contributed by atoms with van der Waals surface area (Å²) in [5.74, 6) is 1.38. The smallest absolute Gasteiger partial charge is 0.208 e. The van der Waals surface area contributed by atoms with Crippen molar-refractivity contribution in [1.29, 1.82) is 0 Å². The van der Waals surface area contributed by atoms with E-state index in [4.69, 9.17) is 9.47 Å². The van der Waals surface area contributed by atoms with Crippen LogP contribution in [0.1, 0.15) is 12.8 Å². The average molecular weight is 350 g/mol. The third-order valence-corrected chi connectivity index (χ3v) is 4.31. The summed E-state index contributed by atoms with van der Waals surface area (Å²) in [7, 11) is 0.324. The molecule has 1 atom stereocenters. The van der Waals surface area contributed by atoms with E-state index in [2.05, 4.69) is 19.9 Å². The molecule has 1 rings (SSSR count). The number of guanidine groups is 1. The molecule has 0 radical (unpaired) electrons. The fourth-order valence-corrected chi connectivity index (χ4v) is 2.95. The van der Waals surface area contributed by atoms with Gasteiger partial charge in [-0.3, -0.25) is 4.99 Å². The van der Waals surface area contributed by atoms with Crippen LogP contribution in [0.4, 0.5) is 0 Å². The third-order valence-electron chi connectivity index (χ3n) is 3.58. The molecular weight excluding hydrogens is 320 g/mol. The van der Waals surface area contributed by atoms with Crippen molar-refractivity contribution >= 4 is 16.0 Å². The number of hydrogen-bond donors (Lipinski definition) is 2. The highest BCUT2D eigenvalue weighted by molar-refractivity contribution is 7.88. The maximum atomic E-state index is 11.0. The van der Waals surface area contributed by atoms with Crippen LogP contribution in [0.5, 0.6) is 0 Å². The zero-order valence-electron chi connectivity index (χ0n) is 14.4. The first kappa shape index (κ1) is 20.1. The van der Waals surface area contributed by atoms with Gasteiger partial charge in [0.2, 0.25) is 10.0 Å². The van der Waals surface area contributed by atoms with Crippen LogP contribution >= 0.6 is 0 Å². The molecule has 1 aliphatic heterocycles. The van der Waals surface area contributed by atoms with Gasteiger partial charge in [0.1, 0.15) is 0 Å². The number of nitrogens with zero attached hydrogens (tertiary/aromatic N) is 2. The minimum absolute atomic E-state index is 0.429. The van der Waals surface area contributed by atoms with Crippen molar-refractivity contribution in [2.45, 2.75) is 12.8 Å². The number of likely N-dealkylation sites (tertiary alicyclic amines) is 1. The molecule has 136 valence electrons. The first-order valence-electron chi connectivity index (χ1n) is 7.93. The van der Waals surface area contributed by atoms with Gasteiger partial charge in [-0.25, -0.2) is 13.1 Å². The van der Waals surface area contributed by atoms with E-state index < -0.39 is 10.0 Å². The summed E-state index contributed by atoms with van der Waals surface area (Å²) >= 11 is 0. The molecule has 0 saturated carbocycles. The highest BCUT2D eigenvalue weighted by Gasteiger charge is 2.24. The van der Waals surface area contributed by atoms with E-state index in [1.807, 2.05) is 0 Å². The predicted octanol–water partition coefficient (Wildman–Crippen LogP) is -0.514. The van der Waals surface area contributed by atoms with Gasteiger partial charge in [0.15, 0.2) is 5.96 Å². The second-order valence-corrected chi connectivity index (χ2v) is 7.50. The Balaban J connectivity index is 2.20. The summed E-state index contributed by atoms with van der Waals surface area (Å²) in [5.41, 5.74) is 0. The van der Waals surface area contributed by atoms with Crippen molar-refractivity contribution in [1.82, 2.24) is 14.9 Å². The van der Waals surface area contributed by atoms with Gasteiger partial charge in [0, 0.05) is 46.3 Å². The summed E-state index contributed by atoms with van der Waals surface area (Å²) in [6.07, 6.45) is 2.96. The van der Waals surface area contributed by atoms with Crippen molar-refractivity contribution in [2.24, 2.45) is 10.9 Å². The predicted molar refractivity (Wildman–Crippen MR) is 91.2 cm³/mol. The molecule has 1 saturated heterocycles. The first-order chi connectivity index (χ1) is 11.0. The van der Waals surface area contributed by atoms with Crippen molar-refractivity contribution in [3.63, 3.8) is 0 Å². The summed E-state index contributed by atoms with van der Waals surface area (Å²) in [6, 6.07) is 0. The lowest BCUT2D eigenvalue weighted by Gasteiger charge is -2.21. The maximum absolute atomic E-state index is 11.0. The Morgan fingerprint density at radius 2 is 2.13 bits per heavy atom. The van der Waals surface area contributed by atoms with Crippen LogP contribution in [0.3, 0.4) is 0 Å². The Morgan fingerprint density at radius 3 is 2.78 bits per heavy atom. The lowest BCUT2D eigenvalue weighted by Crippen LogP contribution is -2.41. The highest BCUT2D eigenvalue weighted by atomic mass is 32.2. The molecule has 0 bridgehead atoms. The minimum atomic E-state index is -3.11. The lowest BCUT2D eigenvalue weighted by atomic mass is 10.1. The molecule has 0 aromatic heterocycles. The zero-order valence-corrected chi connectivity index (χ0v) is 15.2. The van der Waals surface area contributed by atoms with Crippen LogP contribution in [0, 0.1) is 5.92 Å². The summed E-state index contributed by atoms with van der Waals surface area (Å²) in [6.45, 7) is 5.00. The first-order valence-corrected chi connectivity index (χ1v) is 9.82. The normalized spacial score (nSPS) is 19.3. The summed E-state index contributed by atoms with van der Waals surface area (Å²) in [4.78, 5) is 6.51. The van der Waals surface area contributed by atoms with Gasteiger partial charge in [-0.1, -0.05) is 0 Å². The fourth-order valence-electron chi connectivity index (χ4n) is 2.43. The number of aliphatic imine (C=N–C) groups is 1. The number of nitrogens with one attached hydrogen (secondary N) is 2. The molecule has 0 spiro atoms. The van der Waals surface area contributed by atoms with Gasteiger partial charge >= 0.3 is 0 Å². The zero-order chi connectivity index (χ0) is 17.1. The van der Waals surface area contributed by atoms with Gasteiger partial charge in [0.05, 0.1) is 26.1 Å². The molecule has 1 heterocycles. The summed E-state index contributed by atoms with van der Waals surface area (Å²) < 4.78 is 35.0. The average Bonchev–Trinajstić information content (AvgIpc) is 2.95. The molecular formula is C14H30N4O4S. The molecule has 8 nitrogen and oxygen atoms in total. The number of methoxy groups -OCH3 is 1. The van der Waals surface area contributed by atoms with Crippen LogP contribution < -0.4 is 10.0 Å². The number of hydrogen-bond acceptors (Lipinski definition) is 5. The van der Waals surface area contributed by atoms with Crippen LogP contribution in [0.15, 0.2) is 4.99 Å². The molecule has 0 aromatic rings. The van der Waals surface area contributed by atoms with Gasteiger partial charge in [-0.05, 0) is 12.8 Å². The van der Waals surface area contributed by atoms with Gasteiger partial charge in [-0.2, -0.15) is 0 Å². The molecule has 0 aromatic carbocycles. The Bertz CT molecular complexity index is 456. The number of ether oxygens (including phenoxy) is 2. The lowest BCUT2D eigenvalue weighted by molar-refractivity contribution is 0.0536. The van der Waals surface area contributed by atoms with E-state index in [-0.39, 0.29) is 0 Å². The molecule has 0 aliphatic carbocycles. The molecule has 1 aliphatic rings. The van der Waals surface area contributed by atoms with Crippen LogP contribution in [0.25, 0.3) is 0 Å². The van der Waals surface area contributed by atoms with Crippen molar-refractivity contribution in [3.05, 3.63) is 0 Å². The van der Waals surface area contributed by atoms with E-state index in [9.17, 15) is 8.42 Å². The highest BCUT2D eigenvalue weighted by Crippen LogP contribution is 2.16. The minimum Gasteiger partial charge on any atom is -0.382 e. The Kier molecular flexibility index (Phi) is 9.46. The van der Waals surface area contributed by atoms with E-state index in [0.717, 1.165) is 32.1 Å². The molecule has 1 unspecified atom stereocenters. The van der Waals surface area contributed by atoms with Crippen LogP contribution in [-0.2, 0) is 19.5 Å². The van der Waals surface area contributed by atoms with Gasteiger partial charge < -0.3 is 19.7 Å². The van der Waals surface area contributed by atoms with E-state index >= 15 is 0 Å². The summed E-state index contributed by atoms with van der Waals surface area (Å²) in [5, 5.41) is 3.27. The molecule has 9 heteroatoms. The third kappa shape index (κ3) is 9.09. The van der Waals surface area contributed by atoms with E-state index in [1.165, 1.54) is 6.26 Å². The van der Waals surface area contributed by atoms with E-state index in [1.54, 1.807) is 14.2 Å². The Hall–Kier alpha value is -0.900. The van der Waals surface area contributed by atoms with Crippen LogP contribution in [0.2, 0.25) is 0 Å². The monoisotopic (exact) mass is 350 g/mol. The maximum Gasteiger partial charge on any atom is 0.208 e. The fraction of sp³-hybridized carbons (Fsp3) is 0.929.